The van der Waals surface area contributed by atoms with E-state index in [2.05, 4.69) is 45.9 Å². The van der Waals surface area contributed by atoms with Gasteiger partial charge in [0, 0.05) is 11.1 Å². The van der Waals surface area contributed by atoms with Crippen molar-refractivity contribution < 1.29 is 9.53 Å². The minimum Gasteiger partial charge on any atom is -0.477 e. The molecule has 1 aliphatic heterocycles. The highest BCUT2D eigenvalue weighted by molar-refractivity contribution is 6.01. The van der Waals surface area contributed by atoms with Gasteiger partial charge >= 0.3 is 0 Å². The van der Waals surface area contributed by atoms with Crippen LogP contribution in [0.15, 0.2) is 60.7 Å². The average Bonchev–Trinajstić information content (AvgIpc) is 2.67. The zero-order valence-electron chi connectivity index (χ0n) is 16.3. The molecule has 3 aromatic rings. The quantitative estimate of drug-likeness (QED) is 0.577. The van der Waals surface area contributed by atoms with Crippen LogP contribution in [0.4, 0.5) is 0 Å². The predicted octanol–water partition coefficient (Wildman–Crippen LogP) is 5.83. The van der Waals surface area contributed by atoms with Gasteiger partial charge in [0.05, 0.1) is 12.0 Å². The van der Waals surface area contributed by atoms with Crippen LogP contribution in [0.3, 0.4) is 0 Å². The van der Waals surface area contributed by atoms with E-state index < -0.39 is 5.60 Å². The third kappa shape index (κ3) is 2.68. The summed E-state index contributed by atoms with van der Waals surface area (Å²) in [5, 5.41) is 0. The molecule has 0 fully saturated rings. The zero-order valence-corrected chi connectivity index (χ0v) is 16.3. The van der Waals surface area contributed by atoms with Gasteiger partial charge in [-0.3, -0.25) is 4.79 Å². The molecule has 3 aromatic carbocycles. The second-order valence-corrected chi connectivity index (χ2v) is 7.53. The molecular formula is C25H24O2. The standard InChI is InChI=1S/C25H24O2/c1-16-14-17(2)19(4)24(18(16)3)25(20-10-6-5-7-11-20)15-22(26)21-12-8-9-13-23(21)27-25/h5-14H,15H2,1-4H3. The Morgan fingerprint density at radius 2 is 1.41 bits per heavy atom. The van der Waals surface area contributed by atoms with Crippen LogP contribution < -0.4 is 4.74 Å². The molecule has 0 N–H and O–H groups in total. The zero-order chi connectivity index (χ0) is 19.2. The van der Waals surface area contributed by atoms with E-state index >= 15 is 0 Å². The van der Waals surface area contributed by atoms with E-state index in [4.69, 9.17) is 4.74 Å². The Morgan fingerprint density at radius 3 is 2.07 bits per heavy atom. The molecule has 4 rings (SSSR count). The molecule has 0 spiro atoms. The van der Waals surface area contributed by atoms with E-state index in [-0.39, 0.29) is 5.78 Å². The summed E-state index contributed by atoms with van der Waals surface area (Å²) < 4.78 is 6.71. The number of hydrogen-bond acceptors (Lipinski definition) is 2. The number of rotatable bonds is 2. The van der Waals surface area contributed by atoms with Crippen molar-refractivity contribution >= 4 is 5.78 Å². The largest absolute Gasteiger partial charge is 0.477 e. The maximum Gasteiger partial charge on any atom is 0.171 e. The van der Waals surface area contributed by atoms with Crippen molar-refractivity contribution in [2.24, 2.45) is 0 Å². The van der Waals surface area contributed by atoms with E-state index in [1.165, 1.54) is 22.3 Å². The van der Waals surface area contributed by atoms with E-state index in [0.717, 1.165) is 11.1 Å². The van der Waals surface area contributed by atoms with Crippen molar-refractivity contribution in [2.45, 2.75) is 39.7 Å². The van der Waals surface area contributed by atoms with Crippen molar-refractivity contribution in [1.82, 2.24) is 0 Å². The van der Waals surface area contributed by atoms with Crippen molar-refractivity contribution in [3.8, 4) is 5.75 Å². The molecule has 0 radical (unpaired) electrons. The molecule has 0 saturated heterocycles. The molecule has 0 aliphatic carbocycles. The number of benzene rings is 3. The van der Waals surface area contributed by atoms with Crippen LogP contribution in [0.5, 0.6) is 5.75 Å². The highest BCUT2D eigenvalue weighted by Crippen LogP contribution is 2.47. The summed E-state index contributed by atoms with van der Waals surface area (Å²) >= 11 is 0. The van der Waals surface area contributed by atoms with Gasteiger partial charge in [-0.1, -0.05) is 48.5 Å². The molecule has 0 bridgehead atoms. The van der Waals surface area contributed by atoms with Crippen molar-refractivity contribution in [3.63, 3.8) is 0 Å². The van der Waals surface area contributed by atoms with Crippen LogP contribution in [0, 0.1) is 27.7 Å². The van der Waals surface area contributed by atoms with E-state index in [1.54, 1.807) is 0 Å². The van der Waals surface area contributed by atoms with Gasteiger partial charge in [-0.25, -0.2) is 0 Å². The van der Waals surface area contributed by atoms with Gasteiger partial charge in [0.1, 0.15) is 5.75 Å². The normalized spacial score (nSPS) is 18.7. The molecule has 1 aliphatic rings. The number of aryl methyl sites for hydroxylation is 2. The summed E-state index contributed by atoms with van der Waals surface area (Å²) in [6.07, 6.45) is 0.304. The molecule has 1 atom stereocenters. The summed E-state index contributed by atoms with van der Waals surface area (Å²) in [5.41, 5.74) is 6.82. The lowest BCUT2D eigenvalue weighted by atomic mass is 9.74. The van der Waals surface area contributed by atoms with Gasteiger partial charge in [-0.15, -0.1) is 0 Å². The summed E-state index contributed by atoms with van der Waals surface area (Å²) in [6.45, 7) is 8.53. The maximum absolute atomic E-state index is 13.2. The fraction of sp³-hybridized carbons (Fsp3) is 0.240. The Bertz CT molecular complexity index is 1010. The molecule has 0 amide bonds. The number of para-hydroxylation sites is 1. The van der Waals surface area contributed by atoms with Gasteiger partial charge in [0.25, 0.3) is 0 Å². The second-order valence-electron chi connectivity index (χ2n) is 7.53. The first kappa shape index (κ1) is 17.5. The maximum atomic E-state index is 13.2. The lowest BCUT2D eigenvalue weighted by Crippen LogP contribution is -2.42. The minimum atomic E-state index is -0.808. The minimum absolute atomic E-state index is 0.124. The van der Waals surface area contributed by atoms with E-state index in [0.29, 0.717) is 17.7 Å². The van der Waals surface area contributed by atoms with Crippen LogP contribution in [0.25, 0.3) is 0 Å². The Kier molecular flexibility index (Phi) is 4.15. The second kappa shape index (κ2) is 6.38. The van der Waals surface area contributed by atoms with E-state index in [9.17, 15) is 4.79 Å². The molecule has 27 heavy (non-hydrogen) atoms. The highest BCUT2D eigenvalue weighted by atomic mass is 16.5. The van der Waals surface area contributed by atoms with Crippen molar-refractivity contribution in [1.29, 1.82) is 0 Å². The van der Waals surface area contributed by atoms with Crippen LogP contribution in [-0.2, 0) is 5.60 Å². The molecule has 1 heterocycles. The van der Waals surface area contributed by atoms with Gasteiger partial charge in [0.15, 0.2) is 11.4 Å². The number of Topliss-reactive ketones (excluding diaryl/α,β-unsaturated/α-hetero) is 1. The van der Waals surface area contributed by atoms with Crippen molar-refractivity contribution in [2.75, 3.05) is 0 Å². The number of carbonyl (C=O) groups excluding carboxylic acids is 1. The summed E-state index contributed by atoms with van der Waals surface area (Å²) in [6, 6.07) is 19.9. The molecule has 0 saturated carbocycles. The van der Waals surface area contributed by atoms with E-state index in [1.807, 2.05) is 42.5 Å². The lowest BCUT2D eigenvalue weighted by molar-refractivity contribution is 0.0611. The van der Waals surface area contributed by atoms with Gasteiger partial charge < -0.3 is 4.74 Å². The van der Waals surface area contributed by atoms with Gasteiger partial charge in [-0.05, 0) is 62.1 Å². The fourth-order valence-corrected chi connectivity index (χ4v) is 4.31. The monoisotopic (exact) mass is 356 g/mol. The number of ketones is 1. The number of fused-ring (bicyclic) bond motifs is 1. The number of ether oxygens (including phenoxy) is 1. The Morgan fingerprint density at radius 1 is 0.815 bits per heavy atom. The van der Waals surface area contributed by atoms with Gasteiger partial charge in [0.2, 0.25) is 0 Å². The fourth-order valence-electron chi connectivity index (χ4n) is 4.31. The summed E-state index contributed by atoms with van der Waals surface area (Å²) in [4.78, 5) is 13.2. The van der Waals surface area contributed by atoms with Crippen LogP contribution >= 0.6 is 0 Å². The smallest absolute Gasteiger partial charge is 0.171 e. The number of hydrogen-bond donors (Lipinski definition) is 0. The van der Waals surface area contributed by atoms with Gasteiger partial charge in [-0.2, -0.15) is 0 Å². The number of carbonyl (C=O) groups is 1. The van der Waals surface area contributed by atoms with Crippen LogP contribution in [-0.4, -0.2) is 5.78 Å². The molecule has 1 unspecified atom stereocenters. The molecular weight excluding hydrogens is 332 g/mol. The molecule has 136 valence electrons. The van der Waals surface area contributed by atoms with Crippen LogP contribution in [0.1, 0.15) is 50.2 Å². The third-order valence-corrected chi connectivity index (χ3v) is 5.89. The first-order valence-electron chi connectivity index (χ1n) is 9.38. The Labute approximate surface area is 160 Å². The molecule has 0 aromatic heterocycles. The Balaban J connectivity index is 2.06. The topological polar surface area (TPSA) is 26.3 Å². The third-order valence-electron chi connectivity index (χ3n) is 5.89. The first-order chi connectivity index (χ1) is 12.9. The van der Waals surface area contributed by atoms with Crippen molar-refractivity contribution in [3.05, 3.63) is 99.6 Å². The molecule has 2 nitrogen and oxygen atoms in total. The lowest BCUT2D eigenvalue weighted by Gasteiger charge is -2.41. The molecule has 2 heteroatoms. The summed E-state index contributed by atoms with van der Waals surface area (Å²) in [7, 11) is 0. The Hall–Kier alpha value is -2.87. The predicted molar refractivity (Wildman–Crippen MR) is 109 cm³/mol. The SMILES string of the molecule is Cc1cc(C)c(C)c(C2(c3ccccc3)CC(=O)c3ccccc3O2)c1C. The summed E-state index contributed by atoms with van der Waals surface area (Å²) in [5.74, 6) is 0.786. The average molecular weight is 356 g/mol. The highest BCUT2D eigenvalue weighted by Gasteiger charge is 2.45. The van der Waals surface area contributed by atoms with Crippen LogP contribution in [0.2, 0.25) is 0 Å². The first-order valence-corrected chi connectivity index (χ1v) is 9.38.